The van der Waals surface area contributed by atoms with Gasteiger partial charge in [0.1, 0.15) is 0 Å². The number of aromatic amines is 1. The summed E-state index contributed by atoms with van der Waals surface area (Å²) in [5, 5.41) is 3.19. The molecule has 0 saturated carbocycles. The normalized spacial score (nSPS) is 14.3. The van der Waals surface area contributed by atoms with Crippen molar-refractivity contribution >= 4 is 23.0 Å². The van der Waals surface area contributed by atoms with Crippen LogP contribution in [0.1, 0.15) is 35.2 Å². The summed E-state index contributed by atoms with van der Waals surface area (Å²) in [5.74, 6) is 0.569. The predicted molar refractivity (Wildman–Crippen MR) is 110 cm³/mol. The average molecular weight is 396 g/mol. The summed E-state index contributed by atoms with van der Waals surface area (Å²) in [7, 11) is 3.28. The number of carbonyl (C=O) groups is 1. The van der Waals surface area contributed by atoms with Crippen molar-refractivity contribution in [2.75, 3.05) is 18.4 Å². The van der Waals surface area contributed by atoms with Gasteiger partial charge in [0.2, 0.25) is 5.95 Å². The first-order valence-corrected chi connectivity index (χ1v) is 9.73. The molecule has 0 atom stereocenters. The Morgan fingerprint density at radius 1 is 1.07 bits per heavy atom. The summed E-state index contributed by atoms with van der Waals surface area (Å²) < 4.78 is 2.94. The number of nitrogens with one attached hydrogen (secondary N) is 2. The molecular formula is C20H24N6O3. The van der Waals surface area contributed by atoms with E-state index in [2.05, 4.69) is 15.3 Å². The molecule has 1 aliphatic heterocycles. The second-order valence-electron chi connectivity index (χ2n) is 7.39. The van der Waals surface area contributed by atoms with E-state index in [-0.39, 0.29) is 5.91 Å². The zero-order valence-electron chi connectivity index (χ0n) is 16.6. The van der Waals surface area contributed by atoms with Crippen molar-refractivity contribution in [2.45, 2.75) is 25.8 Å². The lowest BCUT2D eigenvalue weighted by Crippen LogP contribution is -2.35. The summed E-state index contributed by atoms with van der Waals surface area (Å²) in [6, 6.07) is 7.51. The molecule has 9 nitrogen and oxygen atoms in total. The third-order valence-electron chi connectivity index (χ3n) is 5.43. The SMILES string of the molecule is Cn1c(NCc2ccc(C(=O)N3CCCCC3)cc2)nc2c1c(=O)[nH]c(=O)n2C. The zero-order valence-corrected chi connectivity index (χ0v) is 16.6. The molecule has 2 N–H and O–H groups in total. The largest absolute Gasteiger partial charge is 0.352 e. The third-order valence-corrected chi connectivity index (χ3v) is 5.43. The molecule has 9 heteroatoms. The number of carbonyl (C=O) groups excluding carboxylic acids is 1. The minimum absolute atomic E-state index is 0.0831. The van der Waals surface area contributed by atoms with Crippen LogP contribution in [0.4, 0.5) is 5.95 Å². The Balaban J connectivity index is 1.49. The number of aromatic nitrogens is 4. The van der Waals surface area contributed by atoms with E-state index in [4.69, 9.17) is 0 Å². The molecule has 1 fully saturated rings. The Kier molecular flexibility index (Phi) is 4.96. The molecule has 152 valence electrons. The number of imidazole rings is 1. The molecule has 3 heterocycles. The van der Waals surface area contributed by atoms with Crippen LogP contribution in [0.25, 0.3) is 11.2 Å². The molecule has 29 heavy (non-hydrogen) atoms. The smallest absolute Gasteiger partial charge is 0.329 e. The van der Waals surface area contributed by atoms with Crippen molar-refractivity contribution in [1.29, 1.82) is 0 Å². The summed E-state index contributed by atoms with van der Waals surface area (Å²) in [6.45, 7) is 2.13. The van der Waals surface area contributed by atoms with Gasteiger partial charge in [-0.3, -0.25) is 19.1 Å². The number of nitrogens with zero attached hydrogens (tertiary/aromatic N) is 4. The van der Waals surface area contributed by atoms with Gasteiger partial charge < -0.3 is 14.8 Å². The van der Waals surface area contributed by atoms with Gasteiger partial charge in [-0.15, -0.1) is 0 Å². The highest BCUT2D eigenvalue weighted by Gasteiger charge is 2.18. The molecular weight excluding hydrogens is 372 g/mol. The van der Waals surface area contributed by atoms with E-state index in [1.807, 2.05) is 29.2 Å². The number of amides is 1. The van der Waals surface area contributed by atoms with Gasteiger partial charge in [0.25, 0.3) is 11.5 Å². The standard InChI is InChI=1S/C20H24N6O3/c1-24-15-16(25(2)20(29)23-17(15)27)22-19(24)21-12-13-6-8-14(9-7-13)18(28)26-10-4-3-5-11-26/h6-9H,3-5,10-12H2,1-2H3,(H,21,22)(H,23,27,29). The molecule has 4 rings (SSSR count). The molecule has 0 aliphatic carbocycles. The van der Waals surface area contributed by atoms with Gasteiger partial charge in [-0.05, 0) is 37.0 Å². The van der Waals surface area contributed by atoms with Crippen molar-refractivity contribution in [2.24, 2.45) is 14.1 Å². The first-order chi connectivity index (χ1) is 14.0. The number of likely N-dealkylation sites (tertiary alicyclic amines) is 1. The van der Waals surface area contributed by atoms with Crippen LogP contribution in [-0.4, -0.2) is 43.0 Å². The Morgan fingerprint density at radius 2 is 1.76 bits per heavy atom. The topological polar surface area (TPSA) is 105 Å². The number of rotatable bonds is 4. The molecule has 1 amide bonds. The van der Waals surface area contributed by atoms with Gasteiger partial charge in [0, 0.05) is 39.3 Å². The van der Waals surface area contributed by atoms with Crippen molar-refractivity contribution < 1.29 is 4.79 Å². The lowest BCUT2D eigenvalue weighted by molar-refractivity contribution is 0.0724. The monoisotopic (exact) mass is 396 g/mol. The number of benzene rings is 1. The lowest BCUT2D eigenvalue weighted by atomic mass is 10.1. The number of piperidine rings is 1. The highest BCUT2D eigenvalue weighted by Crippen LogP contribution is 2.16. The van der Waals surface area contributed by atoms with Crippen LogP contribution in [-0.2, 0) is 20.6 Å². The number of aryl methyl sites for hydroxylation is 2. The molecule has 1 saturated heterocycles. The number of hydrogen-bond donors (Lipinski definition) is 2. The second-order valence-corrected chi connectivity index (χ2v) is 7.39. The fourth-order valence-corrected chi connectivity index (χ4v) is 3.69. The third kappa shape index (κ3) is 3.55. The second kappa shape index (κ2) is 7.57. The van der Waals surface area contributed by atoms with Crippen LogP contribution in [0.3, 0.4) is 0 Å². The number of H-pyrrole nitrogens is 1. The van der Waals surface area contributed by atoms with Crippen LogP contribution in [0.15, 0.2) is 33.9 Å². The van der Waals surface area contributed by atoms with Crippen molar-refractivity contribution in [3.05, 3.63) is 56.2 Å². The summed E-state index contributed by atoms with van der Waals surface area (Å²) in [4.78, 5) is 45.0. The quantitative estimate of drug-likeness (QED) is 0.689. The van der Waals surface area contributed by atoms with E-state index in [1.165, 1.54) is 11.0 Å². The highest BCUT2D eigenvalue weighted by atomic mass is 16.2. The van der Waals surface area contributed by atoms with Crippen LogP contribution in [0.5, 0.6) is 0 Å². The van der Waals surface area contributed by atoms with Gasteiger partial charge in [0.05, 0.1) is 0 Å². The van der Waals surface area contributed by atoms with Crippen LogP contribution in [0, 0.1) is 0 Å². The molecule has 1 aromatic carbocycles. The van der Waals surface area contributed by atoms with Crippen molar-refractivity contribution in [3.8, 4) is 0 Å². The van der Waals surface area contributed by atoms with Crippen molar-refractivity contribution in [3.63, 3.8) is 0 Å². The fraction of sp³-hybridized carbons (Fsp3) is 0.400. The van der Waals surface area contributed by atoms with Crippen LogP contribution < -0.4 is 16.6 Å². The molecule has 0 unspecified atom stereocenters. The van der Waals surface area contributed by atoms with Gasteiger partial charge >= 0.3 is 5.69 Å². The zero-order chi connectivity index (χ0) is 20.5. The molecule has 0 spiro atoms. The average Bonchev–Trinajstić information content (AvgIpc) is 3.08. The van der Waals surface area contributed by atoms with Crippen molar-refractivity contribution in [1.82, 2.24) is 24.0 Å². The van der Waals surface area contributed by atoms with Gasteiger partial charge in [-0.1, -0.05) is 12.1 Å². The number of fused-ring (bicyclic) bond motifs is 1. The Labute approximate surface area is 167 Å². The van der Waals surface area contributed by atoms with E-state index in [0.29, 0.717) is 29.2 Å². The van der Waals surface area contributed by atoms with E-state index in [9.17, 15) is 14.4 Å². The van der Waals surface area contributed by atoms with Gasteiger partial charge in [0.15, 0.2) is 11.2 Å². The van der Waals surface area contributed by atoms with Crippen LogP contribution in [0.2, 0.25) is 0 Å². The Morgan fingerprint density at radius 3 is 2.45 bits per heavy atom. The summed E-state index contributed by atoms with van der Waals surface area (Å²) in [6.07, 6.45) is 3.33. The Hall–Kier alpha value is -3.36. The Bertz CT molecular complexity index is 1170. The van der Waals surface area contributed by atoms with Gasteiger partial charge in [-0.2, -0.15) is 4.98 Å². The van der Waals surface area contributed by atoms with E-state index in [1.54, 1.807) is 18.7 Å². The van der Waals surface area contributed by atoms with E-state index in [0.717, 1.165) is 31.5 Å². The molecule has 1 aliphatic rings. The number of hydrogen-bond acceptors (Lipinski definition) is 5. The maximum absolute atomic E-state index is 12.6. The van der Waals surface area contributed by atoms with E-state index >= 15 is 0 Å². The molecule has 0 bridgehead atoms. The first-order valence-electron chi connectivity index (χ1n) is 9.73. The predicted octanol–water partition coefficient (Wildman–Crippen LogP) is 1.20. The first kappa shape index (κ1) is 19.0. The molecule has 2 aromatic heterocycles. The van der Waals surface area contributed by atoms with E-state index < -0.39 is 11.2 Å². The maximum atomic E-state index is 12.6. The molecule has 3 aromatic rings. The summed E-state index contributed by atoms with van der Waals surface area (Å²) >= 11 is 0. The summed E-state index contributed by atoms with van der Waals surface area (Å²) in [5.41, 5.74) is 1.37. The lowest BCUT2D eigenvalue weighted by Gasteiger charge is -2.26. The minimum atomic E-state index is -0.499. The minimum Gasteiger partial charge on any atom is -0.352 e. The van der Waals surface area contributed by atoms with Crippen LogP contribution >= 0.6 is 0 Å². The fourth-order valence-electron chi connectivity index (χ4n) is 3.69. The highest BCUT2D eigenvalue weighted by molar-refractivity contribution is 5.94. The number of anilines is 1. The maximum Gasteiger partial charge on any atom is 0.329 e. The molecule has 0 radical (unpaired) electrons. The van der Waals surface area contributed by atoms with Gasteiger partial charge in [-0.25, -0.2) is 4.79 Å².